The van der Waals surface area contributed by atoms with Gasteiger partial charge in [0, 0.05) is 12.0 Å². The predicted molar refractivity (Wildman–Crippen MR) is 114 cm³/mol. The number of nitrogens with zero attached hydrogens (tertiary/aromatic N) is 3. The minimum absolute atomic E-state index is 0.163. The Morgan fingerprint density at radius 2 is 1.26 bits per heavy atom. The van der Waals surface area contributed by atoms with Crippen LogP contribution in [0, 0.1) is 0 Å². The summed E-state index contributed by atoms with van der Waals surface area (Å²) in [6.45, 7) is 19.4. The van der Waals surface area contributed by atoms with Gasteiger partial charge in [0.25, 0.3) is 0 Å². The Morgan fingerprint density at radius 1 is 0.815 bits per heavy atom. The van der Waals surface area contributed by atoms with E-state index in [9.17, 15) is 0 Å². The van der Waals surface area contributed by atoms with Gasteiger partial charge in [-0.05, 0) is 64.5 Å². The first-order valence-electron chi connectivity index (χ1n) is 9.39. The molecule has 1 saturated heterocycles. The lowest BCUT2D eigenvalue weighted by atomic mass is 9.99. The highest BCUT2D eigenvalue weighted by Gasteiger charge is 2.51. The third kappa shape index (κ3) is 8.75. The molecule has 0 aromatic rings. The van der Waals surface area contributed by atoms with E-state index in [0.717, 1.165) is 0 Å². The van der Waals surface area contributed by atoms with Crippen LogP contribution < -0.4 is 0 Å². The Morgan fingerprint density at radius 3 is 1.67 bits per heavy atom. The molecule has 0 bridgehead atoms. The number of rotatable bonds is 9. The number of hydrogen-bond donors (Lipinski definition) is 0. The number of ether oxygens (including phenoxy) is 2. The minimum atomic E-state index is -1.93. The van der Waals surface area contributed by atoms with Crippen molar-refractivity contribution in [2.24, 2.45) is 5.11 Å². The fourth-order valence-corrected chi connectivity index (χ4v) is 6.21. The zero-order valence-electron chi connectivity index (χ0n) is 18.5. The molecule has 158 valence electrons. The van der Waals surface area contributed by atoms with Crippen LogP contribution in [0.1, 0.15) is 0 Å². The highest BCUT2D eigenvalue weighted by atomic mass is 28.4. The summed E-state index contributed by atoms with van der Waals surface area (Å²) in [6.07, 6.45) is -2.15. The van der Waals surface area contributed by atoms with Crippen LogP contribution in [0.3, 0.4) is 0 Å². The highest BCUT2D eigenvalue weighted by molar-refractivity contribution is 6.70. The molecule has 0 unspecified atom stereocenters. The molecule has 27 heavy (non-hydrogen) atoms. The molecule has 5 atom stereocenters. The van der Waals surface area contributed by atoms with E-state index in [0.29, 0.717) is 0 Å². The number of azide groups is 1. The van der Waals surface area contributed by atoms with E-state index in [4.69, 9.17) is 28.3 Å². The van der Waals surface area contributed by atoms with E-state index < -0.39 is 43.5 Å². The van der Waals surface area contributed by atoms with Gasteiger partial charge in [0.2, 0.25) is 0 Å². The van der Waals surface area contributed by atoms with Crippen LogP contribution in [-0.2, 0) is 22.8 Å². The average Bonchev–Trinajstić information content (AvgIpc) is 2.45. The summed E-state index contributed by atoms with van der Waals surface area (Å²) in [5.41, 5.74) is 8.79. The molecule has 0 aliphatic carbocycles. The summed E-state index contributed by atoms with van der Waals surface area (Å²) >= 11 is 0. The molecule has 0 saturated carbocycles. The SMILES string of the molecule is CO[C@H]1O[C@H](CN=[N+]=[N-])[C@@H](O[Si](C)(C)C)[C@H](O[Si](C)(C)C)[C@@H]1O[Si](C)(C)C. The van der Waals surface area contributed by atoms with Gasteiger partial charge in [-0.3, -0.25) is 0 Å². The highest BCUT2D eigenvalue weighted by Crippen LogP contribution is 2.33. The molecular weight excluding hydrogens is 398 g/mol. The Balaban J connectivity index is 3.36. The lowest BCUT2D eigenvalue weighted by Gasteiger charge is -2.50. The second kappa shape index (κ2) is 9.51. The molecule has 1 heterocycles. The molecule has 1 aliphatic heterocycles. The fraction of sp³-hybridized carbons (Fsp3) is 1.00. The number of methoxy groups -OCH3 is 1. The van der Waals surface area contributed by atoms with Gasteiger partial charge in [-0.2, -0.15) is 0 Å². The van der Waals surface area contributed by atoms with Gasteiger partial charge in [-0.15, -0.1) is 0 Å². The van der Waals surface area contributed by atoms with Crippen LogP contribution in [0.2, 0.25) is 58.9 Å². The Hall–Kier alpha value is -0.239. The zero-order valence-corrected chi connectivity index (χ0v) is 21.5. The van der Waals surface area contributed by atoms with Crippen molar-refractivity contribution in [3.63, 3.8) is 0 Å². The van der Waals surface area contributed by atoms with Crippen molar-refractivity contribution in [2.45, 2.75) is 89.6 Å². The summed E-state index contributed by atoms with van der Waals surface area (Å²) in [4.78, 5) is 2.89. The van der Waals surface area contributed by atoms with Crippen molar-refractivity contribution < 1.29 is 22.8 Å². The molecule has 0 aromatic carbocycles. The van der Waals surface area contributed by atoms with Gasteiger partial charge in [-0.1, -0.05) is 5.11 Å². The Kier molecular flexibility index (Phi) is 8.73. The molecule has 1 aliphatic rings. The van der Waals surface area contributed by atoms with E-state index in [1.807, 2.05) is 0 Å². The van der Waals surface area contributed by atoms with E-state index in [-0.39, 0.29) is 18.8 Å². The summed E-state index contributed by atoms with van der Waals surface area (Å²) in [6, 6.07) is 0. The summed E-state index contributed by atoms with van der Waals surface area (Å²) in [7, 11) is -4.16. The lowest BCUT2D eigenvalue weighted by Crippen LogP contribution is -2.65. The van der Waals surface area contributed by atoms with Gasteiger partial charge in [0.15, 0.2) is 31.2 Å². The molecule has 0 amide bonds. The van der Waals surface area contributed by atoms with Crippen molar-refractivity contribution in [3.8, 4) is 0 Å². The third-order valence-electron chi connectivity index (χ3n) is 3.62. The molecular formula is C16H37N3O5Si3. The maximum atomic E-state index is 8.79. The van der Waals surface area contributed by atoms with Crippen molar-refractivity contribution in [1.29, 1.82) is 0 Å². The van der Waals surface area contributed by atoms with E-state index in [1.165, 1.54) is 0 Å². The monoisotopic (exact) mass is 435 g/mol. The van der Waals surface area contributed by atoms with Crippen LogP contribution in [0.15, 0.2) is 5.11 Å². The molecule has 0 radical (unpaired) electrons. The average molecular weight is 436 g/mol. The third-order valence-corrected chi connectivity index (χ3v) is 6.56. The first kappa shape index (κ1) is 24.8. The lowest BCUT2D eigenvalue weighted by molar-refractivity contribution is -0.276. The smallest absolute Gasteiger partial charge is 0.185 e. The Labute approximate surface area is 166 Å². The second-order valence-corrected chi connectivity index (χ2v) is 23.2. The summed E-state index contributed by atoms with van der Waals surface area (Å²) in [5, 5.41) is 3.73. The molecule has 0 N–H and O–H groups in total. The van der Waals surface area contributed by atoms with Crippen LogP contribution in [0.25, 0.3) is 10.4 Å². The zero-order chi connectivity index (χ0) is 21.0. The quantitative estimate of drug-likeness (QED) is 0.232. The maximum absolute atomic E-state index is 8.79. The van der Waals surface area contributed by atoms with E-state index in [1.54, 1.807) is 7.11 Å². The van der Waals surface area contributed by atoms with Crippen molar-refractivity contribution in [2.75, 3.05) is 13.7 Å². The van der Waals surface area contributed by atoms with Crippen LogP contribution in [0.4, 0.5) is 0 Å². The normalized spacial score (nSPS) is 30.1. The largest absolute Gasteiger partial charge is 0.409 e. The second-order valence-electron chi connectivity index (χ2n) is 9.78. The predicted octanol–water partition coefficient (Wildman–Crippen LogP) is 4.33. The van der Waals surface area contributed by atoms with E-state index in [2.05, 4.69) is 68.9 Å². The Bertz CT molecular complexity index is 527. The van der Waals surface area contributed by atoms with Crippen molar-refractivity contribution in [3.05, 3.63) is 10.4 Å². The topological polar surface area (TPSA) is 94.9 Å². The fourth-order valence-electron chi connectivity index (χ4n) is 2.96. The number of hydrogen-bond acceptors (Lipinski definition) is 6. The standard InChI is InChI=1S/C16H37N3O5Si3/c1-20-16-15(24-27(8,9)10)14(23-26(5,6)7)13(22-25(2,3)4)12(21-16)11-18-19-17/h12-16H,11H2,1-10H3/t12-,13-,14+,15+,16+/m1/s1. The van der Waals surface area contributed by atoms with Gasteiger partial charge < -0.3 is 22.8 Å². The van der Waals surface area contributed by atoms with Crippen molar-refractivity contribution >= 4 is 25.0 Å². The van der Waals surface area contributed by atoms with Gasteiger partial charge in [-0.25, -0.2) is 0 Å². The molecule has 8 nitrogen and oxygen atoms in total. The molecule has 1 fully saturated rings. The molecule has 1 rings (SSSR count). The first-order chi connectivity index (χ1) is 12.2. The van der Waals surface area contributed by atoms with Crippen LogP contribution >= 0.6 is 0 Å². The molecule has 0 spiro atoms. The van der Waals surface area contributed by atoms with Gasteiger partial charge >= 0.3 is 0 Å². The van der Waals surface area contributed by atoms with E-state index >= 15 is 0 Å². The summed E-state index contributed by atoms with van der Waals surface area (Å²) in [5.74, 6) is 0. The van der Waals surface area contributed by atoms with Crippen LogP contribution in [0.5, 0.6) is 0 Å². The molecule has 11 heteroatoms. The van der Waals surface area contributed by atoms with Gasteiger partial charge in [0.05, 0.1) is 18.8 Å². The van der Waals surface area contributed by atoms with Crippen LogP contribution in [-0.4, -0.2) is 69.3 Å². The van der Waals surface area contributed by atoms with Gasteiger partial charge in [0.1, 0.15) is 12.2 Å². The maximum Gasteiger partial charge on any atom is 0.185 e. The first-order valence-corrected chi connectivity index (χ1v) is 19.6. The minimum Gasteiger partial charge on any atom is -0.409 e. The summed E-state index contributed by atoms with van der Waals surface area (Å²) < 4.78 is 31.3. The van der Waals surface area contributed by atoms with Crippen molar-refractivity contribution in [1.82, 2.24) is 0 Å². The molecule has 0 aromatic heterocycles.